The average Bonchev–Trinajstić information content (AvgIpc) is 2.55. The molecule has 8 heteroatoms. The predicted octanol–water partition coefficient (Wildman–Crippen LogP) is 2.04. The van der Waals surface area contributed by atoms with E-state index in [1.807, 2.05) is 0 Å². The van der Waals surface area contributed by atoms with Gasteiger partial charge in [-0.3, -0.25) is 0 Å². The van der Waals surface area contributed by atoms with Crippen molar-refractivity contribution in [2.45, 2.75) is 6.29 Å². The van der Waals surface area contributed by atoms with Crippen LogP contribution in [0.1, 0.15) is 0 Å². The van der Waals surface area contributed by atoms with Gasteiger partial charge in [0.1, 0.15) is 0 Å². The third-order valence-corrected chi connectivity index (χ3v) is 2.02. The van der Waals surface area contributed by atoms with E-state index in [0.717, 1.165) is 0 Å². The molecule has 86 valence electrons. The number of imidazole rings is 1. The summed E-state index contributed by atoms with van der Waals surface area (Å²) in [6, 6.07) is 2.72. The molecular formula is C8H6BrF2N3O2. The van der Waals surface area contributed by atoms with E-state index in [0.29, 0.717) is 11.0 Å². The van der Waals surface area contributed by atoms with Gasteiger partial charge in [-0.25, -0.2) is 4.98 Å². The molecule has 3 N–H and O–H groups in total. The molecule has 1 aromatic carbocycles. The predicted molar refractivity (Wildman–Crippen MR) is 57.0 cm³/mol. The molecule has 1 aromatic heterocycles. The number of H-pyrrole nitrogens is 1. The van der Waals surface area contributed by atoms with Crippen LogP contribution in [-0.2, 0) is 0 Å². The number of hydrogen-bond donors (Lipinski definition) is 2. The summed E-state index contributed by atoms with van der Waals surface area (Å²) in [4.78, 5) is 6.58. The van der Waals surface area contributed by atoms with Crippen LogP contribution in [0.4, 0.5) is 14.7 Å². The summed E-state index contributed by atoms with van der Waals surface area (Å²) in [5.41, 5.74) is 6.38. The number of benzene rings is 1. The number of hydrogen-bond acceptors (Lipinski definition) is 4. The van der Waals surface area contributed by atoms with Gasteiger partial charge in [0, 0.05) is 12.1 Å². The average molecular weight is 294 g/mol. The monoisotopic (exact) mass is 293 g/mol. The lowest BCUT2D eigenvalue weighted by Gasteiger charge is -2.04. The largest absolute Gasteiger partial charge is 0.586 e. The zero-order valence-corrected chi connectivity index (χ0v) is 9.37. The molecule has 2 aromatic rings. The third-order valence-electron chi connectivity index (χ3n) is 2.02. The van der Waals surface area contributed by atoms with Gasteiger partial charge in [0.15, 0.2) is 17.4 Å². The second-order valence-corrected chi connectivity index (χ2v) is 3.11. The molecule has 0 saturated heterocycles. The van der Waals surface area contributed by atoms with Gasteiger partial charge in [-0.15, -0.1) is 25.8 Å². The molecule has 1 aliphatic rings. The number of nitrogens with one attached hydrogen (secondary N) is 1. The molecule has 0 unspecified atom stereocenters. The molecule has 5 nitrogen and oxygen atoms in total. The minimum absolute atomic E-state index is 0. The second kappa shape index (κ2) is 3.21. The first-order valence-electron chi connectivity index (χ1n) is 4.09. The van der Waals surface area contributed by atoms with Crippen LogP contribution >= 0.6 is 17.0 Å². The molecule has 0 amide bonds. The van der Waals surface area contributed by atoms with Crippen LogP contribution in [0, 0.1) is 0 Å². The maximum absolute atomic E-state index is 12.7. The minimum Gasteiger partial charge on any atom is -0.395 e. The summed E-state index contributed by atoms with van der Waals surface area (Å²) in [6.07, 6.45) is -3.60. The molecule has 0 saturated carbocycles. The number of halogens is 3. The van der Waals surface area contributed by atoms with Gasteiger partial charge in [-0.2, -0.15) is 0 Å². The van der Waals surface area contributed by atoms with E-state index >= 15 is 0 Å². The maximum Gasteiger partial charge on any atom is 0.586 e. The summed E-state index contributed by atoms with van der Waals surface area (Å²) < 4.78 is 33.9. The first kappa shape index (κ1) is 10.9. The summed E-state index contributed by atoms with van der Waals surface area (Å²) in [5, 5.41) is 0. The van der Waals surface area contributed by atoms with Crippen LogP contribution < -0.4 is 15.2 Å². The van der Waals surface area contributed by atoms with Gasteiger partial charge in [-0.05, 0) is 0 Å². The molecular weight excluding hydrogens is 288 g/mol. The second-order valence-electron chi connectivity index (χ2n) is 3.11. The highest BCUT2D eigenvalue weighted by Crippen LogP contribution is 2.42. The summed E-state index contributed by atoms with van der Waals surface area (Å²) in [5.74, 6) is 0.135. The van der Waals surface area contributed by atoms with Crippen LogP contribution in [0.2, 0.25) is 0 Å². The number of alkyl halides is 2. The van der Waals surface area contributed by atoms with Gasteiger partial charge in [-0.1, -0.05) is 0 Å². The Labute approximate surface area is 98.3 Å². The maximum atomic E-state index is 12.7. The molecule has 0 aliphatic carbocycles. The first-order chi connectivity index (χ1) is 7.03. The summed E-state index contributed by atoms with van der Waals surface area (Å²) in [7, 11) is 0. The van der Waals surface area contributed by atoms with Crippen LogP contribution in [0.15, 0.2) is 12.1 Å². The summed E-state index contributed by atoms with van der Waals surface area (Å²) in [6.45, 7) is 0. The smallest absolute Gasteiger partial charge is 0.395 e. The van der Waals surface area contributed by atoms with E-state index in [4.69, 9.17) is 5.73 Å². The number of ether oxygens (including phenoxy) is 2. The molecule has 16 heavy (non-hydrogen) atoms. The molecule has 1 aliphatic heterocycles. The molecule has 2 heterocycles. The van der Waals surface area contributed by atoms with Gasteiger partial charge in [0.05, 0.1) is 11.0 Å². The van der Waals surface area contributed by atoms with E-state index in [9.17, 15) is 8.78 Å². The van der Waals surface area contributed by atoms with Crippen molar-refractivity contribution in [2.75, 3.05) is 5.73 Å². The number of rotatable bonds is 0. The Kier molecular flexibility index (Phi) is 2.19. The third kappa shape index (κ3) is 1.54. The topological polar surface area (TPSA) is 73.2 Å². The quantitative estimate of drug-likeness (QED) is 0.780. The van der Waals surface area contributed by atoms with E-state index in [1.54, 1.807) is 0 Å². The molecule has 0 spiro atoms. The van der Waals surface area contributed by atoms with E-state index < -0.39 is 6.29 Å². The normalized spacial score (nSPS) is 16.1. The van der Waals surface area contributed by atoms with Crippen LogP contribution in [-0.4, -0.2) is 16.3 Å². The highest BCUT2D eigenvalue weighted by Gasteiger charge is 2.43. The number of nitrogens with zero attached hydrogens (tertiary/aromatic N) is 1. The lowest BCUT2D eigenvalue weighted by Crippen LogP contribution is -2.25. The number of aromatic amines is 1. The lowest BCUT2D eigenvalue weighted by atomic mass is 10.3. The Balaban J connectivity index is 0.000000963. The SMILES string of the molecule is Br.Nc1nc2cc3c(cc2[nH]1)OC(F)(F)O3. The Morgan fingerprint density at radius 1 is 1.25 bits per heavy atom. The minimum atomic E-state index is -3.60. The van der Waals surface area contributed by atoms with Crippen molar-refractivity contribution in [1.82, 2.24) is 9.97 Å². The van der Waals surface area contributed by atoms with Crippen molar-refractivity contribution in [3.05, 3.63) is 12.1 Å². The van der Waals surface area contributed by atoms with Gasteiger partial charge < -0.3 is 20.2 Å². The van der Waals surface area contributed by atoms with Crippen molar-refractivity contribution in [1.29, 1.82) is 0 Å². The number of aromatic nitrogens is 2. The number of nitrogens with two attached hydrogens (primary N) is 1. The van der Waals surface area contributed by atoms with E-state index in [2.05, 4.69) is 19.4 Å². The fourth-order valence-corrected chi connectivity index (χ4v) is 1.47. The Morgan fingerprint density at radius 2 is 1.88 bits per heavy atom. The van der Waals surface area contributed by atoms with E-state index in [1.165, 1.54) is 12.1 Å². The van der Waals surface area contributed by atoms with Crippen molar-refractivity contribution >= 4 is 34.0 Å². The fourth-order valence-electron chi connectivity index (χ4n) is 1.47. The van der Waals surface area contributed by atoms with Crippen molar-refractivity contribution < 1.29 is 18.3 Å². The van der Waals surface area contributed by atoms with Crippen LogP contribution in [0.3, 0.4) is 0 Å². The van der Waals surface area contributed by atoms with Crippen LogP contribution in [0.25, 0.3) is 11.0 Å². The molecule has 0 bridgehead atoms. The number of nitrogen functional groups attached to an aromatic ring is 1. The molecule has 3 rings (SSSR count). The van der Waals surface area contributed by atoms with Crippen LogP contribution in [0.5, 0.6) is 11.5 Å². The number of fused-ring (bicyclic) bond motifs is 2. The van der Waals surface area contributed by atoms with Gasteiger partial charge >= 0.3 is 6.29 Å². The zero-order chi connectivity index (χ0) is 10.6. The van der Waals surface area contributed by atoms with E-state index in [-0.39, 0.29) is 34.4 Å². The fraction of sp³-hybridized carbons (Fsp3) is 0.125. The highest BCUT2D eigenvalue weighted by molar-refractivity contribution is 8.93. The van der Waals surface area contributed by atoms with Gasteiger partial charge in [0.2, 0.25) is 0 Å². The molecule has 0 radical (unpaired) electrons. The first-order valence-corrected chi connectivity index (χ1v) is 4.09. The Bertz CT molecular complexity index is 512. The van der Waals surface area contributed by atoms with Crippen molar-refractivity contribution in [3.8, 4) is 11.5 Å². The van der Waals surface area contributed by atoms with Gasteiger partial charge in [0.25, 0.3) is 0 Å². The van der Waals surface area contributed by atoms with Crippen molar-refractivity contribution in [3.63, 3.8) is 0 Å². The summed E-state index contributed by atoms with van der Waals surface area (Å²) >= 11 is 0. The standard InChI is InChI=1S/C8H5F2N3O2.BrH/c9-8(10)14-5-1-3-4(2-6(5)15-8)13-7(11)12-3;/h1-2H,(H3,11,12,13);1H. The van der Waals surface area contributed by atoms with Crippen molar-refractivity contribution in [2.24, 2.45) is 0 Å². The zero-order valence-electron chi connectivity index (χ0n) is 7.66. The molecule has 0 atom stereocenters. The molecule has 0 fully saturated rings. The number of anilines is 1. The Hall–Kier alpha value is -1.57. The Morgan fingerprint density at radius 3 is 2.56 bits per heavy atom. The lowest BCUT2D eigenvalue weighted by molar-refractivity contribution is -0.286. The highest BCUT2D eigenvalue weighted by atomic mass is 79.9.